The lowest BCUT2D eigenvalue weighted by Crippen LogP contribution is -2.42. The molecule has 1 aliphatic carbocycles. The summed E-state index contributed by atoms with van der Waals surface area (Å²) in [5.41, 5.74) is 2.33. The van der Waals surface area contributed by atoms with Crippen molar-refractivity contribution in [2.75, 3.05) is 24.5 Å². The van der Waals surface area contributed by atoms with Crippen LogP contribution in [0.15, 0.2) is 24.3 Å². The summed E-state index contributed by atoms with van der Waals surface area (Å²) in [7, 11) is 0. The van der Waals surface area contributed by atoms with Gasteiger partial charge in [0.2, 0.25) is 5.91 Å². The average Bonchev–Trinajstić information content (AvgIpc) is 3.11. The van der Waals surface area contributed by atoms with Crippen LogP contribution >= 0.6 is 0 Å². The Hall–Kier alpha value is -1.35. The van der Waals surface area contributed by atoms with Crippen LogP contribution in [0.4, 0.5) is 5.69 Å². The smallest absolute Gasteiger partial charge is 0.237 e. The van der Waals surface area contributed by atoms with Crippen molar-refractivity contribution in [3.63, 3.8) is 0 Å². The number of benzene rings is 1. The van der Waals surface area contributed by atoms with Crippen LogP contribution in [0.3, 0.4) is 0 Å². The van der Waals surface area contributed by atoms with E-state index in [2.05, 4.69) is 34.5 Å². The van der Waals surface area contributed by atoms with Gasteiger partial charge in [0.25, 0.3) is 0 Å². The van der Waals surface area contributed by atoms with E-state index in [4.69, 9.17) is 0 Å². The molecular weight excluding hydrogens is 260 g/mol. The monoisotopic (exact) mass is 284 g/mol. The van der Waals surface area contributed by atoms with E-state index in [0.717, 1.165) is 32.5 Å². The van der Waals surface area contributed by atoms with Crippen LogP contribution in [-0.4, -0.2) is 25.5 Å². The summed E-state index contributed by atoms with van der Waals surface area (Å²) in [5, 5.41) is 3.42. The molecule has 3 nitrogen and oxygen atoms in total. The third-order valence-electron chi connectivity index (χ3n) is 5.72. The van der Waals surface area contributed by atoms with E-state index in [1.165, 1.54) is 36.9 Å². The lowest BCUT2D eigenvalue weighted by Gasteiger charge is -2.29. The van der Waals surface area contributed by atoms with Crippen LogP contribution in [0.25, 0.3) is 0 Å². The van der Waals surface area contributed by atoms with Crippen LogP contribution in [0, 0.1) is 5.92 Å². The minimum absolute atomic E-state index is 0.177. The molecule has 3 heteroatoms. The summed E-state index contributed by atoms with van der Waals surface area (Å²) in [5.74, 6) is 1.04. The molecule has 1 N–H and O–H groups in total. The van der Waals surface area contributed by atoms with Crippen LogP contribution < -0.4 is 10.2 Å². The van der Waals surface area contributed by atoms with Gasteiger partial charge in [0.05, 0.1) is 5.41 Å². The molecule has 21 heavy (non-hydrogen) atoms. The van der Waals surface area contributed by atoms with E-state index in [9.17, 15) is 4.79 Å². The van der Waals surface area contributed by atoms with Gasteiger partial charge < -0.3 is 10.2 Å². The number of nitrogens with one attached hydrogen (secondary N) is 1. The number of para-hydroxylation sites is 1. The number of nitrogens with zero attached hydrogens (tertiary/aromatic N) is 1. The molecule has 1 saturated carbocycles. The molecule has 112 valence electrons. The number of carbonyl (C=O) groups is 1. The van der Waals surface area contributed by atoms with E-state index < -0.39 is 0 Å². The Kier molecular flexibility index (Phi) is 3.26. The van der Waals surface area contributed by atoms with Crippen molar-refractivity contribution in [2.24, 2.45) is 5.92 Å². The van der Waals surface area contributed by atoms with Gasteiger partial charge in [-0.1, -0.05) is 31.0 Å². The second-order valence-corrected chi connectivity index (χ2v) is 6.92. The van der Waals surface area contributed by atoms with E-state index in [1.54, 1.807) is 0 Å². The first-order valence-corrected chi connectivity index (χ1v) is 8.43. The zero-order chi connectivity index (χ0) is 14.3. The number of rotatable bonds is 2. The van der Waals surface area contributed by atoms with E-state index >= 15 is 0 Å². The van der Waals surface area contributed by atoms with Gasteiger partial charge in [0, 0.05) is 12.2 Å². The maximum atomic E-state index is 13.2. The number of amides is 1. The van der Waals surface area contributed by atoms with Gasteiger partial charge >= 0.3 is 0 Å². The van der Waals surface area contributed by atoms with Crippen molar-refractivity contribution in [1.82, 2.24) is 5.32 Å². The Morgan fingerprint density at radius 3 is 2.62 bits per heavy atom. The first-order chi connectivity index (χ1) is 10.3. The fourth-order valence-corrected chi connectivity index (χ4v) is 4.56. The molecule has 0 atom stereocenters. The maximum Gasteiger partial charge on any atom is 0.237 e. The lowest BCUT2D eigenvalue weighted by molar-refractivity contribution is -0.123. The molecule has 1 amide bonds. The van der Waals surface area contributed by atoms with E-state index in [1.807, 2.05) is 0 Å². The second kappa shape index (κ2) is 5.13. The molecular formula is C18H24N2O. The summed E-state index contributed by atoms with van der Waals surface area (Å²) in [6.45, 7) is 3.11. The quantitative estimate of drug-likeness (QED) is 0.905. The average molecular weight is 284 g/mol. The number of fused-ring (bicyclic) bond motifs is 2. The first-order valence-electron chi connectivity index (χ1n) is 8.43. The molecule has 3 aliphatic rings. The Balaban J connectivity index is 1.66. The largest absolute Gasteiger partial charge is 0.317 e. The third-order valence-corrected chi connectivity index (χ3v) is 5.72. The van der Waals surface area contributed by atoms with Gasteiger partial charge in [0.15, 0.2) is 0 Å². The Labute approximate surface area is 126 Å². The molecule has 1 aromatic rings. The molecule has 1 spiro atoms. The summed E-state index contributed by atoms with van der Waals surface area (Å²) >= 11 is 0. The highest BCUT2D eigenvalue weighted by molar-refractivity contribution is 6.08. The fourth-order valence-electron chi connectivity index (χ4n) is 4.56. The summed E-state index contributed by atoms with van der Waals surface area (Å²) in [6.07, 6.45) is 6.87. The number of carbonyl (C=O) groups excluding carboxylic acids is 1. The minimum Gasteiger partial charge on any atom is -0.317 e. The Bertz CT molecular complexity index is 542. The summed E-state index contributed by atoms with van der Waals surface area (Å²) < 4.78 is 0. The summed E-state index contributed by atoms with van der Waals surface area (Å²) in [6, 6.07) is 8.53. The molecule has 2 fully saturated rings. The molecule has 0 radical (unpaired) electrons. The highest BCUT2D eigenvalue weighted by Crippen LogP contribution is 2.51. The Morgan fingerprint density at radius 2 is 1.86 bits per heavy atom. The van der Waals surface area contributed by atoms with Crippen molar-refractivity contribution in [2.45, 2.75) is 43.9 Å². The van der Waals surface area contributed by atoms with Gasteiger partial charge in [-0.15, -0.1) is 0 Å². The van der Waals surface area contributed by atoms with Gasteiger partial charge in [-0.2, -0.15) is 0 Å². The van der Waals surface area contributed by atoms with E-state index in [0.29, 0.717) is 11.8 Å². The highest BCUT2D eigenvalue weighted by Gasteiger charge is 2.52. The van der Waals surface area contributed by atoms with Crippen LogP contribution in [0.1, 0.15) is 44.1 Å². The molecule has 1 aromatic carbocycles. The van der Waals surface area contributed by atoms with Crippen molar-refractivity contribution in [3.8, 4) is 0 Å². The molecule has 1 saturated heterocycles. The van der Waals surface area contributed by atoms with Gasteiger partial charge in [-0.25, -0.2) is 0 Å². The van der Waals surface area contributed by atoms with Crippen LogP contribution in [0.2, 0.25) is 0 Å². The highest BCUT2D eigenvalue weighted by atomic mass is 16.2. The molecule has 2 aliphatic heterocycles. The maximum absolute atomic E-state index is 13.2. The standard InChI is InChI=1S/C18H24N2O/c21-17-18(9-3-4-10-18)15-5-1-2-6-16(15)20(17)13-14-7-11-19-12-8-14/h1-2,5-6,14,19H,3-4,7-13H2. The van der Waals surface area contributed by atoms with E-state index in [-0.39, 0.29) is 5.41 Å². The zero-order valence-corrected chi connectivity index (χ0v) is 12.6. The van der Waals surface area contributed by atoms with Crippen molar-refractivity contribution < 1.29 is 4.79 Å². The molecule has 0 aromatic heterocycles. The normalized spacial score (nSPS) is 24.8. The molecule has 0 unspecified atom stereocenters. The predicted molar refractivity (Wildman–Crippen MR) is 84.5 cm³/mol. The number of hydrogen-bond donors (Lipinski definition) is 1. The van der Waals surface area contributed by atoms with Crippen molar-refractivity contribution in [3.05, 3.63) is 29.8 Å². The minimum atomic E-state index is -0.177. The fraction of sp³-hybridized carbons (Fsp3) is 0.611. The zero-order valence-electron chi connectivity index (χ0n) is 12.6. The first kappa shape index (κ1) is 13.3. The number of piperidine rings is 1. The SMILES string of the molecule is O=C1N(CC2CCNCC2)c2ccccc2C12CCCC2. The van der Waals surface area contributed by atoms with Gasteiger partial charge in [0.1, 0.15) is 0 Å². The van der Waals surface area contributed by atoms with Gasteiger partial charge in [-0.3, -0.25) is 4.79 Å². The van der Waals surface area contributed by atoms with Crippen LogP contribution in [-0.2, 0) is 10.2 Å². The third kappa shape index (κ3) is 2.02. The molecule has 2 heterocycles. The number of hydrogen-bond acceptors (Lipinski definition) is 2. The Morgan fingerprint density at radius 1 is 1.14 bits per heavy atom. The topological polar surface area (TPSA) is 32.3 Å². The summed E-state index contributed by atoms with van der Waals surface area (Å²) in [4.78, 5) is 15.3. The molecule has 0 bridgehead atoms. The second-order valence-electron chi connectivity index (χ2n) is 6.92. The predicted octanol–water partition coefficient (Wildman–Crippen LogP) is 2.84. The van der Waals surface area contributed by atoms with Gasteiger partial charge in [-0.05, 0) is 56.3 Å². The van der Waals surface area contributed by atoms with Crippen LogP contribution in [0.5, 0.6) is 0 Å². The number of anilines is 1. The molecule has 4 rings (SSSR count). The van der Waals surface area contributed by atoms with Crippen molar-refractivity contribution >= 4 is 11.6 Å². The lowest BCUT2D eigenvalue weighted by atomic mass is 9.80. The van der Waals surface area contributed by atoms with Crippen molar-refractivity contribution in [1.29, 1.82) is 0 Å².